The van der Waals surface area contributed by atoms with Gasteiger partial charge < -0.3 is 9.80 Å². The third kappa shape index (κ3) is 3.44. The molecule has 1 aromatic rings. The highest BCUT2D eigenvalue weighted by molar-refractivity contribution is 5.96. The lowest BCUT2D eigenvalue weighted by Crippen LogP contribution is -2.63. The Labute approximate surface area is 142 Å². The van der Waals surface area contributed by atoms with Crippen molar-refractivity contribution in [3.05, 3.63) is 35.4 Å². The lowest BCUT2D eigenvalue weighted by atomic mass is 10.0. The molecule has 0 N–H and O–H groups in total. The zero-order chi connectivity index (χ0) is 17.5. The van der Waals surface area contributed by atoms with Crippen molar-refractivity contribution in [1.82, 2.24) is 14.7 Å². The second-order valence-corrected chi connectivity index (χ2v) is 7.33. The van der Waals surface area contributed by atoms with Gasteiger partial charge in [0.25, 0.3) is 11.8 Å². The van der Waals surface area contributed by atoms with Crippen LogP contribution < -0.4 is 0 Å². The van der Waals surface area contributed by atoms with Gasteiger partial charge in [0, 0.05) is 43.7 Å². The van der Waals surface area contributed by atoms with Crippen molar-refractivity contribution in [2.45, 2.75) is 31.4 Å². The number of likely N-dealkylation sites (tertiary alicyclic amines) is 2. The molecule has 1 amide bonds. The van der Waals surface area contributed by atoms with E-state index in [4.69, 9.17) is 0 Å². The summed E-state index contributed by atoms with van der Waals surface area (Å²) in [5, 5.41) is 0. The Bertz CT molecular complexity index is 614. The molecule has 1 atom stereocenters. The van der Waals surface area contributed by atoms with E-state index in [2.05, 4.69) is 0 Å². The first-order chi connectivity index (χ1) is 11.3. The summed E-state index contributed by atoms with van der Waals surface area (Å²) in [6.45, 7) is 3.42. The minimum absolute atomic E-state index is 0.000494. The molecular weight excluding hydrogens is 312 g/mol. The number of alkyl halides is 2. The Balaban J connectivity index is 1.63. The number of likely N-dealkylation sites (N-methyl/N-ethyl adjacent to an activating group) is 1. The Hall–Kier alpha value is -1.53. The van der Waals surface area contributed by atoms with E-state index in [1.165, 1.54) is 0 Å². The van der Waals surface area contributed by atoms with Crippen molar-refractivity contribution in [2.75, 3.05) is 40.3 Å². The van der Waals surface area contributed by atoms with Crippen LogP contribution in [-0.2, 0) is 0 Å². The molecule has 0 aliphatic carbocycles. The van der Waals surface area contributed by atoms with E-state index in [1.54, 1.807) is 4.90 Å². The second kappa shape index (κ2) is 6.41. The molecule has 24 heavy (non-hydrogen) atoms. The second-order valence-electron chi connectivity index (χ2n) is 7.33. The fourth-order valence-electron chi connectivity index (χ4n) is 3.76. The standard InChI is InChI=1S/C18H25F2N3O/c1-13-6-4-5-7-16(13)17(24)22-10-15(11-22)23-12-18(19,20)8-14(23)9-21(2)3/h4-7,14-15H,8-12H2,1-3H3/t14-/m0/s1. The van der Waals surface area contributed by atoms with Crippen molar-refractivity contribution >= 4 is 5.91 Å². The molecule has 2 fully saturated rings. The van der Waals surface area contributed by atoms with Crippen molar-refractivity contribution in [1.29, 1.82) is 0 Å². The number of benzene rings is 1. The van der Waals surface area contributed by atoms with Gasteiger partial charge in [-0.25, -0.2) is 8.78 Å². The number of hydrogen-bond acceptors (Lipinski definition) is 3. The lowest BCUT2D eigenvalue weighted by Gasteiger charge is -2.46. The van der Waals surface area contributed by atoms with Crippen LogP contribution in [0.15, 0.2) is 24.3 Å². The predicted octanol–water partition coefficient (Wildman–Crippen LogP) is 2.09. The van der Waals surface area contributed by atoms with Crippen LogP contribution in [0.5, 0.6) is 0 Å². The van der Waals surface area contributed by atoms with Gasteiger partial charge in [-0.3, -0.25) is 9.69 Å². The van der Waals surface area contributed by atoms with Crippen LogP contribution >= 0.6 is 0 Å². The van der Waals surface area contributed by atoms with E-state index >= 15 is 0 Å². The average molecular weight is 337 g/mol. The first kappa shape index (κ1) is 17.3. The van der Waals surface area contributed by atoms with Gasteiger partial charge in [0.2, 0.25) is 0 Å². The molecule has 2 heterocycles. The zero-order valence-corrected chi connectivity index (χ0v) is 14.5. The molecular formula is C18H25F2N3O. The van der Waals surface area contributed by atoms with E-state index in [-0.39, 0.29) is 31.0 Å². The highest BCUT2D eigenvalue weighted by atomic mass is 19.3. The van der Waals surface area contributed by atoms with Crippen LogP contribution in [0, 0.1) is 6.92 Å². The minimum Gasteiger partial charge on any atom is -0.335 e. The quantitative estimate of drug-likeness (QED) is 0.842. The third-order valence-corrected chi connectivity index (χ3v) is 4.99. The first-order valence-electron chi connectivity index (χ1n) is 8.40. The molecule has 2 aliphatic heterocycles. The van der Waals surface area contributed by atoms with E-state index in [9.17, 15) is 13.6 Å². The van der Waals surface area contributed by atoms with Gasteiger partial charge >= 0.3 is 0 Å². The van der Waals surface area contributed by atoms with Crippen LogP contribution in [0.3, 0.4) is 0 Å². The summed E-state index contributed by atoms with van der Waals surface area (Å²) >= 11 is 0. The lowest BCUT2D eigenvalue weighted by molar-refractivity contribution is -0.0115. The Kier molecular flexibility index (Phi) is 4.62. The summed E-state index contributed by atoms with van der Waals surface area (Å²) in [4.78, 5) is 18.2. The number of halogens is 2. The minimum atomic E-state index is -2.62. The number of carbonyl (C=O) groups excluding carboxylic acids is 1. The molecule has 6 heteroatoms. The highest BCUT2D eigenvalue weighted by Crippen LogP contribution is 2.35. The smallest absolute Gasteiger partial charge is 0.262 e. The molecule has 0 bridgehead atoms. The first-order valence-corrected chi connectivity index (χ1v) is 8.40. The van der Waals surface area contributed by atoms with E-state index < -0.39 is 5.92 Å². The molecule has 1 aromatic carbocycles. The van der Waals surface area contributed by atoms with E-state index in [0.717, 1.165) is 5.56 Å². The molecule has 2 saturated heterocycles. The van der Waals surface area contributed by atoms with Crippen LogP contribution in [-0.4, -0.2) is 78.9 Å². The van der Waals surface area contributed by atoms with Crippen molar-refractivity contribution < 1.29 is 13.6 Å². The van der Waals surface area contributed by atoms with Gasteiger partial charge in [0.05, 0.1) is 6.54 Å². The van der Waals surface area contributed by atoms with E-state index in [1.807, 2.05) is 55.1 Å². The maximum absolute atomic E-state index is 13.8. The summed E-state index contributed by atoms with van der Waals surface area (Å²) in [6.07, 6.45) is -0.0899. The molecule has 4 nitrogen and oxygen atoms in total. The normalized spacial score (nSPS) is 24.4. The van der Waals surface area contributed by atoms with Crippen LogP contribution in [0.1, 0.15) is 22.3 Å². The number of aryl methyl sites for hydroxylation is 1. The topological polar surface area (TPSA) is 26.8 Å². The maximum Gasteiger partial charge on any atom is 0.262 e. The number of nitrogens with zero attached hydrogens (tertiary/aromatic N) is 3. The molecule has 0 aromatic heterocycles. The predicted molar refractivity (Wildman–Crippen MR) is 89.5 cm³/mol. The fraction of sp³-hybridized carbons (Fsp3) is 0.611. The maximum atomic E-state index is 13.8. The van der Waals surface area contributed by atoms with E-state index in [0.29, 0.717) is 25.2 Å². The van der Waals surface area contributed by atoms with Gasteiger partial charge in [-0.05, 0) is 32.6 Å². The molecule has 0 saturated carbocycles. The van der Waals surface area contributed by atoms with Gasteiger partial charge in [0.1, 0.15) is 0 Å². The van der Waals surface area contributed by atoms with Crippen LogP contribution in [0.4, 0.5) is 8.78 Å². The van der Waals surface area contributed by atoms with Crippen LogP contribution in [0.25, 0.3) is 0 Å². The molecule has 3 rings (SSSR count). The third-order valence-electron chi connectivity index (χ3n) is 4.99. The number of carbonyl (C=O) groups is 1. The summed E-state index contributed by atoms with van der Waals surface area (Å²) in [6, 6.07) is 7.39. The highest BCUT2D eigenvalue weighted by Gasteiger charge is 2.50. The van der Waals surface area contributed by atoms with Crippen molar-refractivity contribution in [3.63, 3.8) is 0 Å². The molecule has 132 valence electrons. The van der Waals surface area contributed by atoms with Gasteiger partial charge in [-0.1, -0.05) is 18.2 Å². The summed E-state index contributed by atoms with van der Waals surface area (Å²) in [5.74, 6) is -2.62. The Morgan fingerprint density at radius 2 is 1.96 bits per heavy atom. The number of rotatable bonds is 4. The molecule has 2 aliphatic rings. The van der Waals surface area contributed by atoms with Gasteiger partial charge in [-0.2, -0.15) is 0 Å². The van der Waals surface area contributed by atoms with Crippen molar-refractivity contribution in [3.8, 4) is 0 Å². The van der Waals surface area contributed by atoms with Crippen molar-refractivity contribution in [2.24, 2.45) is 0 Å². The summed E-state index contributed by atoms with van der Waals surface area (Å²) in [5.41, 5.74) is 1.65. The number of amides is 1. The van der Waals surface area contributed by atoms with Crippen LogP contribution in [0.2, 0.25) is 0 Å². The summed E-state index contributed by atoms with van der Waals surface area (Å²) in [7, 11) is 3.81. The van der Waals surface area contributed by atoms with Gasteiger partial charge in [0.15, 0.2) is 0 Å². The fourth-order valence-corrected chi connectivity index (χ4v) is 3.76. The summed E-state index contributed by atoms with van der Waals surface area (Å²) < 4.78 is 27.7. The largest absolute Gasteiger partial charge is 0.335 e. The molecule has 0 radical (unpaired) electrons. The van der Waals surface area contributed by atoms with Gasteiger partial charge in [-0.15, -0.1) is 0 Å². The number of hydrogen-bond donors (Lipinski definition) is 0. The SMILES string of the molecule is Cc1ccccc1C(=O)N1CC(N2CC(F)(F)C[C@H]2CN(C)C)C1. The zero-order valence-electron chi connectivity index (χ0n) is 14.5. The monoisotopic (exact) mass is 337 g/mol. The molecule has 0 unspecified atom stereocenters. The Morgan fingerprint density at radius 3 is 2.58 bits per heavy atom. The Morgan fingerprint density at radius 1 is 1.29 bits per heavy atom. The molecule has 0 spiro atoms. The average Bonchev–Trinajstić information content (AvgIpc) is 2.71.